The number of hydrogen-bond acceptors (Lipinski definition) is 4. The molecule has 2 aliphatic rings. The van der Waals surface area contributed by atoms with Crippen LogP contribution in [0.3, 0.4) is 0 Å². The minimum absolute atomic E-state index is 0.0659. The van der Waals surface area contributed by atoms with Crippen LogP contribution in [0.5, 0.6) is 0 Å². The summed E-state index contributed by atoms with van der Waals surface area (Å²) in [7, 11) is 0. The lowest BCUT2D eigenvalue weighted by atomic mass is 10.0. The molecule has 4 nitrogen and oxygen atoms in total. The number of nitrogens with zero attached hydrogens (tertiary/aromatic N) is 1. The molecule has 1 N–H and O–H groups in total. The number of aryl methyl sites for hydroxylation is 2. The molecule has 1 fully saturated rings. The van der Waals surface area contributed by atoms with Crippen molar-refractivity contribution < 1.29 is 4.74 Å². The quantitative estimate of drug-likeness (QED) is 0.824. The molecule has 3 heterocycles. The van der Waals surface area contributed by atoms with Gasteiger partial charge in [-0.3, -0.25) is 9.36 Å². The van der Waals surface area contributed by atoms with Crippen molar-refractivity contribution in [1.29, 1.82) is 0 Å². The zero-order valence-corrected chi connectivity index (χ0v) is 13.0. The van der Waals surface area contributed by atoms with E-state index < -0.39 is 0 Å². The van der Waals surface area contributed by atoms with Crippen LogP contribution in [-0.4, -0.2) is 22.8 Å². The third-order valence-corrected chi connectivity index (χ3v) is 5.99. The van der Waals surface area contributed by atoms with E-state index in [1.165, 1.54) is 10.4 Å². The zero-order chi connectivity index (χ0) is 13.9. The number of aromatic amines is 1. The van der Waals surface area contributed by atoms with E-state index in [0.717, 1.165) is 35.9 Å². The van der Waals surface area contributed by atoms with Crippen molar-refractivity contribution in [3.63, 3.8) is 0 Å². The summed E-state index contributed by atoms with van der Waals surface area (Å²) in [6.07, 6.45) is 4.10. The van der Waals surface area contributed by atoms with Crippen LogP contribution in [-0.2, 0) is 23.1 Å². The maximum atomic E-state index is 13.0. The Kier molecular flexibility index (Phi) is 2.71. The van der Waals surface area contributed by atoms with Gasteiger partial charge in [0.15, 0.2) is 4.77 Å². The van der Waals surface area contributed by atoms with Gasteiger partial charge in [-0.2, -0.15) is 0 Å². The second kappa shape index (κ2) is 4.26. The first-order valence-electron chi connectivity index (χ1n) is 6.98. The number of H-pyrrole nitrogens is 1. The number of rotatable bonds is 1. The van der Waals surface area contributed by atoms with E-state index in [-0.39, 0.29) is 11.1 Å². The topological polar surface area (TPSA) is 47.0 Å². The summed E-state index contributed by atoms with van der Waals surface area (Å²) in [6.45, 7) is 3.31. The molecule has 0 bridgehead atoms. The van der Waals surface area contributed by atoms with Gasteiger partial charge in [-0.15, -0.1) is 11.3 Å². The lowest BCUT2D eigenvalue weighted by Gasteiger charge is -2.25. The molecule has 1 atom stereocenters. The fourth-order valence-electron chi connectivity index (χ4n) is 3.40. The first-order chi connectivity index (χ1) is 9.60. The first-order valence-corrected chi connectivity index (χ1v) is 8.20. The maximum absolute atomic E-state index is 13.0. The van der Waals surface area contributed by atoms with Crippen LogP contribution in [0.4, 0.5) is 0 Å². The van der Waals surface area contributed by atoms with Gasteiger partial charge in [0.25, 0.3) is 5.56 Å². The highest BCUT2D eigenvalue weighted by atomic mass is 32.1. The predicted molar refractivity (Wildman–Crippen MR) is 82.4 cm³/mol. The summed E-state index contributed by atoms with van der Waals surface area (Å²) in [5.74, 6) is 0. The molecule has 0 aromatic carbocycles. The number of thiophene rings is 1. The van der Waals surface area contributed by atoms with E-state index in [2.05, 4.69) is 11.9 Å². The molecule has 0 radical (unpaired) electrons. The summed E-state index contributed by atoms with van der Waals surface area (Å²) in [6, 6.07) is 0. The van der Waals surface area contributed by atoms with Gasteiger partial charge < -0.3 is 9.72 Å². The van der Waals surface area contributed by atoms with Gasteiger partial charge >= 0.3 is 0 Å². The van der Waals surface area contributed by atoms with Crippen molar-refractivity contribution in [1.82, 2.24) is 9.55 Å². The summed E-state index contributed by atoms with van der Waals surface area (Å²) < 4.78 is 7.77. The second-order valence-electron chi connectivity index (χ2n) is 5.93. The van der Waals surface area contributed by atoms with Gasteiger partial charge in [0.05, 0.1) is 17.5 Å². The van der Waals surface area contributed by atoms with Crippen molar-refractivity contribution in [3.05, 3.63) is 25.6 Å². The lowest BCUT2D eigenvalue weighted by molar-refractivity contribution is 0.159. The van der Waals surface area contributed by atoms with E-state index in [1.54, 1.807) is 15.9 Å². The Bertz CT molecular complexity index is 809. The molecule has 2 aromatic heterocycles. The van der Waals surface area contributed by atoms with Crippen molar-refractivity contribution in [2.24, 2.45) is 0 Å². The fourth-order valence-corrected chi connectivity index (χ4v) is 5.15. The van der Waals surface area contributed by atoms with E-state index in [1.807, 2.05) is 0 Å². The molecule has 1 saturated heterocycles. The highest BCUT2D eigenvalue weighted by Gasteiger charge is 2.35. The van der Waals surface area contributed by atoms with Gasteiger partial charge in [-0.25, -0.2) is 0 Å². The Morgan fingerprint density at radius 2 is 2.30 bits per heavy atom. The Morgan fingerprint density at radius 1 is 1.45 bits per heavy atom. The molecular formula is C14H16N2O2S2. The molecule has 1 unspecified atom stereocenters. The summed E-state index contributed by atoms with van der Waals surface area (Å²) in [5.41, 5.74) is 1.00. The predicted octanol–water partition coefficient (Wildman–Crippen LogP) is 2.74. The second-order valence-corrected chi connectivity index (χ2v) is 7.42. The SMILES string of the molecule is CC1(n2c(=S)[nH]c3sc4c(c3c2=O)CCC4)CCOC1. The molecular weight excluding hydrogens is 292 g/mol. The van der Waals surface area contributed by atoms with Crippen LogP contribution >= 0.6 is 23.6 Å². The molecule has 20 heavy (non-hydrogen) atoms. The van der Waals surface area contributed by atoms with Gasteiger partial charge in [0.2, 0.25) is 0 Å². The molecule has 2 aromatic rings. The number of ether oxygens (including phenoxy) is 1. The minimum atomic E-state index is -0.313. The Labute approximate surface area is 125 Å². The minimum Gasteiger partial charge on any atom is -0.379 e. The van der Waals surface area contributed by atoms with Gasteiger partial charge in [-0.05, 0) is 50.4 Å². The van der Waals surface area contributed by atoms with Crippen LogP contribution in [0.1, 0.15) is 30.2 Å². The molecule has 0 saturated carbocycles. The van der Waals surface area contributed by atoms with E-state index in [4.69, 9.17) is 17.0 Å². The Hall–Kier alpha value is -0.980. The standard InChI is InChI=1S/C14H16N2O2S2/c1-14(5-6-18-7-14)16-12(17)10-8-3-2-4-9(8)20-11(10)15-13(16)19/h2-7H2,1H3,(H,15,19). The third-order valence-electron chi connectivity index (χ3n) is 4.50. The summed E-state index contributed by atoms with van der Waals surface area (Å²) in [4.78, 5) is 18.6. The Balaban J connectivity index is 2.07. The van der Waals surface area contributed by atoms with Crippen LogP contribution in [0.15, 0.2) is 4.79 Å². The number of fused-ring (bicyclic) bond motifs is 3. The van der Waals surface area contributed by atoms with Crippen molar-refractivity contribution >= 4 is 33.8 Å². The van der Waals surface area contributed by atoms with E-state index in [0.29, 0.717) is 18.0 Å². The van der Waals surface area contributed by atoms with Gasteiger partial charge in [-0.1, -0.05) is 0 Å². The lowest BCUT2D eigenvalue weighted by Crippen LogP contribution is -2.40. The summed E-state index contributed by atoms with van der Waals surface area (Å²) in [5, 5.41) is 0.865. The molecule has 1 aliphatic carbocycles. The first kappa shape index (κ1) is 12.7. The molecule has 6 heteroatoms. The average molecular weight is 308 g/mol. The van der Waals surface area contributed by atoms with Crippen LogP contribution in [0, 0.1) is 4.77 Å². The van der Waals surface area contributed by atoms with Gasteiger partial charge in [0.1, 0.15) is 4.83 Å². The van der Waals surface area contributed by atoms with Crippen LogP contribution in [0.25, 0.3) is 10.2 Å². The zero-order valence-electron chi connectivity index (χ0n) is 11.3. The van der Waals surface area contributed by atoms with Gasteiger partial charge in [0, 0.05) is 11.5 Å². The monoisotopic (exact) mass is 308 g/mol. The molecule has 0 amide bonds. The third kappa shape index (κ3) is 1.61. The smallest absolute Gasteiger partial charge is 0.263 e. The van der Waals surface area contributed by atoms with Crippen molar-refractivity contribution in [2.45, 2.75) is 38.1 Å². The maximum Gasteiger partial charge on any atom is 0.263 e. The molecule has 4 rings (SSSR count). The van der Waals surface area contributed by atoms with Crippen molar-refractivity contribution in [2.75, 3.05) is 13.2 Å². The highest BCUT2D eigenvalue weighted by Crippen LogP contribution is 2.35. The molecule has 106 valence electrons. The highest BCUT2D eigenvalue weighted by molar-refractivity contribution is 7.71. The van der Waals surface area contributed by atoms with Crippen LogP contribution < -0.4 is 5.56 Å². The summed E-state index contributed by atoms with van der Waals surface area (Å²) >= 11 is 7.14. The number of nitrogens with one attached hydrogen (secondary N) is 1. The van der Waals surface area contributed by atoms with E-state index >= 15 is 0 Å². The average Bonchev–Trinajstić information content (AvgIpc) is 3.04. The number of hydrogen-bond donors (Lipinski definition) is 1. The fraction of sp³-hybridized carbons (Fsp3) is 0.571. The number of aromatic nitrogens is 2. The van der Waals surface area contributed by atoms with Crippen molar-refractivity contribution in [3.8, 4) is 0 Å². The molecule has 1 aliphatic heterocycles. The van der Waals surface area contributed by atoms with Crippen LogP contribution in [0.2, 0.25) is 0 Å². The largest absolute Gasteiger partial charge is 0.379 e. The Morgan fingerprint density at radius 3 is 3.05 bits per heavy atom. The normalized spacial score (nSPS) is 25.4. The molecule has 0 spiro atoms. The van der Waals surface area contributed by atoms with E-state index in [9.17, 15) is 4.79 Å².